The van der Waals surface area contributed by atoms with Crippen LogP contribution >= 0.6 is 11.6 Å². The zero-order valence-electron chi connectivity index (χ0n) is 16.1. The first-order chi connectivity index (χ1) is 13.6. The second-order valence-electron chi connectivity index (χ2n) is 7.54. The largest absolute Gasteiger partial charge is 0.344 e. The Kier molecular flexibility index (Phi) is 6.12. The fourth-order valence-electron chi connectivity index (χ4n) is 2.83. The van der Waals surface area contributed by atoms with Gasteiger partial charge < -0.3 is 5.32 Å². The van der Waals surface area contributed by atoms with Gasteiger partial charge in [0, 0.05) is 17.1 Å². The van der Waals surface area contributed by atoms with E-state index in [0.717, 1.165) is 12.8 Å². The molecule has 154 valence electrons. The van der Waals surface area contributed by atoms with Gasteiger partial charge in [0.25, 0.3) is 0 Å². The number of carbonyl (C=O) groups is 1. The Bertz CT molecular complexity index is 1050. The van der Waals surface area contributed by atoms with Crippen LogP contribution in [0, 0.1) is 5.82 Å². The van der Waals surface area contributed by atoms with Crippen LogP contribution < -0.4 is 10.0 Å². The first kappa shape index (κ1) is 21.5. The van der Waals surface area contributed by atoms with Crippen LogP contribution in [-0.4, -0.2) is 20.4 Å². The number of carbonyl (C=O) groups excluding carboxylic acids is 1. The quantitative estimate of drug-likeness (QED) is 0.644. The normalized spacial score (nSPS) is 14.9. The highest BCUT2D eigenvalue weighted by Crippen LogP contribution is 2.28. The molecule has 0 bridgehead atoms. The van der Waals surface area contributed by atoms with E-state index < -0.39 is 21.4 Å². The summed E-state index contributed by atoms with van der Waals surface area (Å²) in [7, 11) is -3.50. The summed E-state index contributed by atoms with van der Waals surface area (Å²) in [5.74, 6) is -0.805. The van der Waals surface area contributed by atoms with Gasteiger partial charge in [-0.3, -0.25) is 4.79 Å². The first-order valence-corrected chi connectivity index (χ1v) is 11.0. The molecule has 0 unspecified atom stereocenters. The minimum atomic E-state index is -3.50. The van der Waals surface area contributed by atoms with Crippen molar-refractivity contribution >= 4 is 33.6 Å². The minimum absolute atomic E-state index is 0.0428. The standard InChI is InChI=1S/C21H22ClFN2O3S/c1-21(2,18-11-6-15(23)13-19(18)22)24-20(26)12-5-14-3-9-17(10-4-14)29(27,28)25-16-7-8-16/h3-6,9-13,16,25H,7-8H2,1-2H3,(H,24,26)/b12-5+. The van der Waals surface area contributed by atoms with Gasteiger partial charge in [-0.2, -0.15) is 0 Å². The smallest absolute Gasteiger partial charge is 0.244 e. The summed E-state index contributed by atoms with van der Waals surface area (Å²) in [5, 5.41) is 3.06. The Morgan fingerprint density at radius 2 is 1.83 bits per heavy atom. The summed E-state index contributed by atoms with van der Waals surface area (Å²) in [6.07, 6.45) is 4.68. The summed E-state index contributed by atoms with van der Waals surface area (Å²) in [5.41, 5.74) is 0.474. The maximum Gasteiger partial charge on any atom is 0.244 e. The lowest BCUT2D eigenvalue weighted by molar-refractivity contribution is -0.118. The van der Waals surface area contributed by atoms with Crippen molar-refractivity contribution in [3.63, 3.8) is 0 Å². The first-order valence-electron chi connectivity index (χ1n) is 9.15. The maximum absolute atomic E-state index is 13.2. The van der Waals surface area contributed by atoms with E-state index in [-0.39, 0.29) is 21.9 Å². The van der Waals surface area contributed by atoms with Gasteiger partial charge in [-0.25, -0.2) is 17.5 Å². The molecular weight excluding hydrogens is 415 g/mol. The number of halogens is 2. The van der Waals surface area contributed by atoms with Crippen molar-refractivity contribution in [3.05, 3.63) is 70.5 Å². The van der Waals surface area contributed by atoms with Crippen LogP contribution in [0.15, 0.2) is 53.4 Å². The highest BCUT2D eigenvalue weighted by atomic mass is 35.5. The Balaban J connectivity index is 1.65. The Hall–Kier alpha value is -2.22. The van der Waals surface area contributed by atoms with Gasteiger partial charge in [0.15, 0.2) is 0 Å². The van der Waals surface area contributed by atoms with Crippen LogP contribution in [-0.2, 0) is 20.4 Å². The van der Waals surface area contributed by atoms with Gasteiger partial charge in [0.1, 0.15) is 5.82 Å². The molecule has 0 radical (unpaired) electrons. The summed E-state index contributed by atoms with van der Waals surface area (Å²) in [6.45, 7) is 3.54. The maximum atomic E-state index is 13.2. The van der Waals surface area contributed by atoms with Crippen LogP contribution in [0.3, 0.4) is 0 Å². The van der Waals surface area contributed by atoms with Gasteiger partial charge in [0.2, 0.25) is 15.9 Å². The lowest BCUT2D eigenvalue weighted by atomic mass is 9.94. The van der Waals surface area contributed by atoms with Gasteiger partial charge in [-0.05, 0) is 68.2 Å². The monoisotopic (exact) mass is 436 g/mol. The fraction of sp³-hybridized carbons (Fsp3) is 0.286. The van der Waals surface area contributed by atoms with Crippen LogP contribution in [0.25, 0.3) is 6.08 Å². The number of nitrogens with one attached hydrogen (secondary N) is 2. The molecule has 1 amide bonds. The van der Waals surface area contributed by atoms with E-state index in [4.69, 9.17) is 11.6 Å². The molecule has 0 atom stereocenters. The van der Waals surface area contributed by atoms with Crippen molar-refractivity contribution in [2.75, 3.05) is 0 Å². The van der Waals surface area contributed by atoms with Gasteiger partial charge in [-0.1, -0.05) is 29.8 Å². The van der Waals surface area contributed by atoms with Gasteiger partial charge in [-0.15, -0.1) is 0 Å². The second kappa shape index (κ2) is 8.26. The van der Waals surface area contributed by atoms with E-state index in [9.17, 15) is 17.6 Å². The van der Waals surface area contributed by atoms with Crippen molar-refractivity contribution in [2.24, 2.45) is 0 Å². The fourth-order valence-corrected chi connectivity index (χ4v) is 4.54. The lowest BCUT2D eigenvalue weighted by Gasteiger charge is -2.27. The number of amides is 1. The van der Waals surface area contributed by atoms with Crippen LogP contribution in [0.2, 0.25) is 5.02 Å². The van der Waals surface area contributed by atoms with E-state index in [1.165, 1.54) is 36.4 Å². The van der Waals surface area contributed by atoms with E-state index in [1.54, 1.807) is 32.1 Å². The molecule has 1 aliphatic rings. The molecule has 2 aromatic rings. The molecule has 29 heavy (non-hydrogen) atoms. The zero-order chi connectivity index (χ0) is 21.2. The SMILES string of the molecule is CC(C)(NC(=O)/C=C/c1ccc(S(=O)(=O)NC2CC2)cc1)c1ccc(F)cc1Cl. The topological polar surface area (TPSA) is 75.3 Å². The lowest BCUT2D eigenvalue weighted by Crippen LogP contribution is -2.40. The molecule has 0 saturated heterocycles. The van der Waals surface area contributed by atoms with Gasteiger partial charge in [0.05, 0.1) is 10.4 Å². The summed E-state index contributed by atoms with van der Waals surface area (Å²) >= 11 is 6.09. The van der Waals surface area contributed by atoms with E-state index in [1.807, 2.05) is 0 Å². The Morgan fingerprint density at radius 1 is 1.17 bits per heavy atom. The molecule has 0 heterocycles. The number of sulfonamides is 1. The average Bonchev–Trinajstić information content (AvgIpc) is 3.43. The summed E-state index contributed by atoms with van der Waals surface area (Å²) < 4.78 is 40.2. The minimum Gasteiger partial charge on any atom is -0.344 e. The number of benzene rings is 2. The van der Waals surface area contributed by atoms with Crippen molar-refractivity contribution < 1.29 is 17.6 Å². The molecule has 1 saturated carbocycles. The molecule has 1 aliphatic carbocycles. The van der Waals surface area contributed by atoms with Crippen molar-refractivity contribution in [1.29, 1.82) is 0 Å². The van der Waals surface area contributed by atoms with Crippen LogP contribution in [0.1, 0.15) is 37.8 Å². The average molecular weight is 437 g/mol. The molecule has 5 nitrogen and oxygen atoms in total. The van der Waals surface area contributed by atoms with Crippen molar-refractivity contribution in [1.82, 2.24) is 10.0 Å². The third kappa shape index (κ3) is 5.65. The predicted molar refractivity (Wildman–Crippen MR) is 111 cm³/mol. The number of hydrogen-bond donors (Lipinski definition) is 2. The van der Waals surface area contributed by atoms with E-state index >= 15 is 0 Å². The van der Waals surface area contributed by atoms with Crippen molar-refractivity contribution in [2.45, 2.75) is 43.2 Å². The van der Waals surface area contributed by atoms with Crippen LogP contribution in [0.5, 0.6) is 0 Å². The molecule has 2 N–H and O–H groups in total. The zero-order valence-corrected chi connectivity index (χ0v) is 17.6. The molecule has 2 aromatic carbocycles. The highest BCUT2D eigenvalue weighted by Gasteiger charge is 2.28. The molecule has 0 aromatic heterocycles. The molecular formula is C21H22ClFN2O3S. The number of rotatable bonds is 7. The molecule has 0 spiro atoms. The van der Waals surface area contributed by atoms with E-state index in [0.29, 0.717) is 11.1 Å². The van der Waals surface area contributed by atoms with Crippen molar-refractivity contribution in [3.8, 4) is 0 Å². The second-order valence-corrected chi connectivity index (χ2v) is 9.66. The van der Waals surface area contributed by atoms with E-state index in [2.05, 4.69) is 10.0 Å². The third-order valence-electron chi connectivity index (χ3n) is 4.56. The van der Waals surface area contributed by atoms with Gasteiger partial charge >= 0.3 is 0 Å². The van der Waals surface area contributed by atoms with Crippen LogP contribution in [0.4, 0.5) is 4.39 Å². The third-order valence-corrected chi connectivity index (χ3v) is 6.41. The molecule has 3 rings (SSSR count). The summed E-state index contributed by atoms with van der Waals surface area (Å²) in [4.78, 5) is 12.5. The Morgan fingerprint density at radius 3 is 2.41 bits per heavy atom. The molecule has 8 heteroatoms. The highest BCUT2D eigenvalue weighted by molar-refractivity contribution is 7.89. The predicted octanol–water partition coefficient (Wildman–Crippen LogP) is 3.98. The molecule has 1 fully saturated rings. The summed E-state index contributed by atoms with van der Waals surface area (Å²) in [6, 6.07) is 10.3. The molecule has 0 aliphatic heterocycles. The Labute approximate surface area is 175 Å². The number of hydrogen-bond acceptors (Lipinski definition) is 3.